The summed E-state index contributed by atoms with van der Waals surface area (Å²) in [6.07, 6.45) is 10.7. The number of fused-ring (bicyclic) bond motifs is 1. The van der Waals surface area contributed by atoms with Gasteiger partial charge in [0.1, 0.15) is 11.6 Å². The highest BCUT2D eigenvalue weighted by Crippen LogP contribution is 2.59. The lowest BCUT2D eigenvalue weighted by atomic mass is 9.51. The molecule has 4 fully saturated rings. The largest absolute Gasteiger partial charge is 0.311 e. The Hall–Kier alpha value is -0.900. The molecule has 1 atom stereocenters. The van der Waals surface area contributed by atoms with Gasteiger partial charge in [-0.05, 0) is 68.6 Å². The second kappa shape index (κ2) is 4.06. The van der Waals surface area contributed by atoms with Crippen LogP contribution in [0, 0.1) is 23.7 Å². The molecule has 1 aliphatic heterocycles. The van der Waals surface area contributed by atoms with Gasteiger partial charge in [-0.3, -0.25) is 4.57 Å². The second-order valence-electron chi connectivity index (χ2n) is 7.76. The van der Waals surface area contributed by atoms with Gasteiger partial charge < -0.3 is 5.73 Å². The maximum absolute atomic E-state index is 6.37. The normalized spacial score (nSPS) is 45.6. The molecule has 2 N–H and O–H groups in total. The molecule has 4 nitrogen and oxygen atoms in total. The first-order valence-electron chi connectivity index (χ1n) is 8.49. The molecule has 4 bridgehead atoms. The summed E-state index contributed by atoms with van der Waals surface area (Å²) in [5.74, 6) is 6.83. The van der Waals surface area contributed by atoms with Crippen molar-refractivity contribution in [2.75, 3.05) is 0 Å². The van der Waals surface area contributed by atoms with Crippen LogP contribution in [-0.4, -0.2) is 14.8 Å². The molecule has 0 saturated heterocycles. The molecule has 1 aromatic rings. The van der Waals surface area contributed by atoms with Gasteiger partial charge in [-0.2, -0.15) is 0 Å². The molecule has 5 aliphatic rings. The minimum absolute atomic E-state index is 0.126. The van der Waals surface area contributed by atoms with E-state index < -0.39 is 0 Å². The molecule has 0 radical (unpaired) electrons. The second-order valence-corrected chi connectivity index (χ2v) is 7.76. The number of hydrogen-bond donors (Lipinski definition) is 1. The van der Waals surface area contributed by atoms with Crippen LogP contribution in [0.15, 0.2) is 0 Å². The Morgan fingerprint density at radius 1 is 0.950 bits per heavy atom. The third kappa shape index (κ3) is 1.51. The van der Waals surface area contributed by atoms with Crippen molar-refractivity contribution in [3.05, 3.63) is 11.6 Å². The molecule has 6 rings (SSSR count). The number of aromatic nitrogens is 3. The highest BCUT2D eigenvalue weighted by molar-refractivity contribution is 5.14. The summed E-state index contributed by atoms with van der Waals surface area (Å²) < 4.78 is 2.32. The Morgan fingerprint density at radius 2 is 1.65 bits per heavy atom. The van der Waals surface area contributed by atoms with Crippen LogP contribution in [-0.2, 0) is 6.42 Å². The average molecular weight is 272 g/mol. The van der Waals surface area contributed by atoms with Gasteiger partial charge >= 0.3 is 0 Å². The molecule has 4 aliphatic carbocycles. The molecule has 2 heterocycles. The monoisotopic (exact) mass is 272 g/mol. The topological polar surface area (TPSA) is 56.7 Å². The van der Waals surface area contributed by atoms with Crippen LogP contribution in [0.3, 0.4) is 0 Å². The Morgan fingerprint density at radius 3 is 2.35 bits per heavy atom. The number of hydrogen-bond acceptors (Lipinski definition) is 3. The van der Waals surface area contributed by atoms with Crippen molar-refractivity contribution in [3.8, 4) is 0 Å². The highest BCUT2D eigenvalue weighted by Gasteiger charge is 2.50. The van der Waals surface area contributed by atoms with Crippen molar-refractivity contribution < 1.29 is 0 Å². The predicted octanol–water partition coefficient (Wildman–Crippen LogP) is 2.61. The SMILES string of the molecule is NC1CCCc2nnc(C3C4CC5CC(C4)CC3C5)n21. The highest BCUT2D eigenvalue weighted by atomic mass is 15.3. The molecule has 1 unspecified atom stereocenters. The van der Waals surface area contributed by atoms with Crippen LogP contribution in [0.5, 0.6) is 0 Å². The molecule has 0 amide bonds. The van der Waals surface area contributed by atoms with Crippen molar-refractivity contribution in [3.63, 3.8) is 0 Å². The minimum Gasteiger partial charge on any atom is -0.311 e. The van der Waals surface area contributed by atoms with E-state index in [9.17, 15) is 0 Å². The number of nitrogens with two attached hydrogens (primary N) is 1. The summed E-state index contributed by atoms with van der Waals surface area (Å²) in [5, 5.41) is 9.10. The number of nitrogens with zero attached hydrogens (tertiary/aromatic N) is 3. The zero-order valence-electron chi connectivity index (χ0n) is 12.0. The van der Waals surface area contributed by atoms with Gasteiger partial charge in [-0.25, -0.2) is 0 Å². The van der Waals surface area contributed by atoms with E-state index in [1.165, 1.54) is 44.3 Å². The van der Waals surface area contributed by atoms with Crippen LogP contribution < -0.4 is 5.73 Å². The standard InChI is InChI=1S/C16H24N4/c17-13-2-1-3-14-18-19-16(20(13)14)15-11-5-9-4-10(7-11)8-12(15)6-9/h9-13,15H,1-8,17H2. The minimum atomic E-state index is 0.126. The lowest BCUT2D eigenvalue weighted by molar-refractivity contribution is -0.00752. The summed E-state index contributed by atoms with van der Waals surface area (Å²) in [6.45, 7) is 0. The third-order valence-corrected chi connectivity index (χ3v) is 6.55. The summed E-state index contributed by atoms with van der Waals surface area (Å²) >= 11 is 0. The Kier molecular flexibility index (Phi) is 2.38. The quantitative estimate of drug-likeness (QED) is 0.855. The summed E-state index contributed by atoms with van der Waals surface area (Å²) in [6, 6.07) is 0. The fraction of sp³-hybridized carbons (Fsp3) is 0.875. The first-order valence-corrected chi connectivity index (χ1v) is 8.49. The van der Waals surface area contributed by atoms with E-state index in [1.807, 2.05) is 0 Å². The Balaban J connectivity index is 1.56. The first kappa shape index (κ1) is 11.7. The molecule has 4 saturated carbocycles. The van der Waals surface area contributed by atoms with Gasteiger partial charge in [0, 0.05) is 12.3 Å². The molecular formula is C16H24N4. The van der Waals surface area contributed by atoms with Crippen molar-refractivity contribution >= 4 is 0 Å². The van der Waals surface area contributed by atoms with Crippen LogP contribution in [0.4, 0.5) is 0 Å². The van der Waals surface area contributed by atoms with Crippen LogP contribution >= 0.6 is 0 Å². The van der Waals surface area contributed by atoms with E-state index in [0.717, 1.165) is 42.3 Å². The zero-order valence-corrected chi connectivity index (χ0v) is 12.0. The fourth-order valence-electron chi connectivity index (χ4n) is 6.04. The fourth-order valence-corrected chi connectivity index (χ4v) is 6.04. The summed E-state index contributed by atoms with van der Waals surface area (Å²) in [5.41, 5.74) is 6.37. The number of aryl methyl sites for hydroxylation is 1. The average Bonchev–Trinajstić information content (AvgIpc) is 2.83. The van der Waals surface area contributed by atoms with Gasteiger partial charge in [0.25, 0.3) is 0 Å². The maximum atomic E-state index is 6.37. The van der Waals surface area contributed by atoms with Gasteiger partial charge in [0.2, 0.25) is 0 Å². The molecule has 108 valence electrons. The smallest absolute Gasteiger partial charge is 0.138 e. The Labute approximate surface area is 120 Å². The van der Waals surface area contributed by atoms with E-state index in [4.69, 9.17) is 5.73 Å². The van der Waals surface area contributed by atoms with Gasteiger partial charge in [-0.15, -0.1) is 10.2 Å². The first-order chi connectivity index (χ1) is 9.79. The van der Waals surface area contributed by atoms with Crippen molar-refractivity contribution in [1.29, 1.82) is 0 Å². The van der Waals surface area contributed by atoms with Crippen molar-refractivity contribution in [2.45, 2.75) is 63.5 Å². The summed E-state index contributed by atoms with van der Waals surface area (Å²) in [7, 11) is 0. The van der Waals surface area contributed by atoms with Crippen molar-refractivity contribution in [1.82, 2.24) is 14.8 Å². The molecule has 1 aromatic heterocycles. The van der Waals surface area contributed by atoms with E-state index in [-0.39, 0.29) is 6.17 Å². The lowest BCUT2D eigenvalue weighted by Crippen LogP contribution is -2.45. The van der Waals surface area contributed by atoms with Crippen LogP contribution in [0.2, 0.25) is 0 Å². The van der Waals surface area contributed by atoms with E-state index in [0.29, 0.717) is 5.92 Å². The van der Waals surface area contributed by atoms with Crippen LogP contribution in [0.1, 0.15) is 68.7 Å². The van der Waals surface area contributed by atoms with E-state index in [2.05, 4.69) is 14.8 Å². The molecular weight excluding hydrogens is 248 g/mol. The van der Waals surface area contributed by atoms with Gasteiger partial charge in [0.15, 0.2) is 0 Å². The van der Waals surface area contributed by atoms with E-state index in [1.54, 1.807) is 0 Å². The van der Waals surface area contributed by atoms with Gasteiger partial charge in [0.05, 0.1) is 6.17 Å². The third-order valence-electron chi connectivity index (χ3n) is 6.55. The van der Waals surface area contributed by atoms with E-state index >= 15 is 0 Å². The molecule has 0 spiro atoms. The number of rotatable bonds is 1. The Bertz CT molecular complexity index is 507. The molecule has 0 aromatic carbocycles. The molecule has 4 heteroatoms. The lowest BCUT2D eigenvalue weighted by Gasteiger charge is -2.54. The summed E-state index contributed by atoms with van der Waals surface area (Å²) in [4.78, 5) is 0. The van der Waals surface area contributed by atoms with Crippen molar-refractivity contribution in [2.24, 2.45) is 29.4 Å². The van der Waals surface area contributed by atoms with Crippen LogP contribution in [0.25, 0.3) is 0 Å². The predicted molar refractivity (Wildman–Crippen MR) is 76.0 cm³/mol. The van der Waals surface area contributed by atoms with Gasteiger partial charge in [-0.1, -0.05) is 0 Å². The zero-order chi connectivity index (χ0) is 13.3. The maximum Gasteiger partial charge on any atom is 0.138 e. The molecule has 20 heavy (non-hydrogen) atoms.